The third-order valence-electron chi connectivity index (χ3n) is 3.84. The number of benzene rings is 2. The molecule has 1 N–H and O–H groups in total. The number of rotatable bonds is 4. The molecule has 5 nitrogen and oxygen atoms in total. The standard InChI is InChI=1S/C19H16N2O3/c1-3-13-4-6-14(7-5-13)12(2)18(22)21-16-8-9-17-15(10-16)11-20-24-19(17)23/h4-11H,2-3H2,1H3,(H,21,22). The van der Waals surface area contributed by atoms with E-state index in [4.69, 9.17) is 0 Å². The van der Waals surface area contributed by atoms with Crippen LogP contribution in [-0.4, -0.2) is 11.1 Å². The fraction of sp³-hybridized carbons (Fsp3) is 0.105. The van der Waals surface area contributed by atoms with Crippen LogP contribution in [0.15, 0.2) is 64.6 Å². The SMILES string of the molecule is C=C(C(=O)Nc1ccc2c(=O)oncc2c1)c1ccc(CC)cc1. The van der Waals surface area contributed by atoms with E-state index in [0.717, 1.165) is 12.0 Å². The summed E-state index contributed by atoms with van der Waals surface area (Å²) in [7, 11) is 0. The average Bonchev–Trinajstić information content (AvgIpc) is 2.61. The Morgan fingerprint density at radius 3 is 2.67 bits per heavy atom. The quantitative estimate of drug-likeness (QED) is 0.748. The highest BCUT2D eigenvalue weighted by atomic mass is 16.5. The number of anilines is 1. The number of carbonyl (C=O) groups is 1. The van der Waals surface area contributed by atoms with Crippen molar-refractivity contribution in [3.05, 3.63) is 76.8 Å². The second-order valence-electron chi connectivity index (χ2n) is 5.40. The van der Waals surface area contributed by atoms with Crippen LogP contribution in [0.1, 0.15) is 18.1 Å². The monoisotopic (exact) mass is 320 g/mol. The van der Waals surface area contributed by atoms with Gasteiger partial charge in [0, 0.05) is 16.6 Å². The summed E-state index contributed by atoms with van der Waals surface area (Å²) in [6, 6.07) is 12.6. The first-order chi connectivity index (χ1) is 11.6. The smallest absolute Gasteiger partial charge is 0.322 e. The summed E-state index contributed by atoms with van der Waals surface area (Å²) in [5.41, 5.74) is 2.40. The zero-order chi connectivity index (χ0) is 17.1. The van der Waals surface area contributed by atoms with Crippen LogP contribution in [0.5, 0.6) is 0 Å². The number of nitrogens with zero attached hydrogens (tertiary/aromatic N) is 1. The minimum absolute atomic E-state index is 0.297. The molecule has 1 amide bonds. The largest absolute Gasteiger partial charge is 0.366 e. The first kappa shape index (κ1) is 15.7. The summed E-state index contributed by atoms with van der Waals surface area (Å²) >= 11 is 0. The molecule has 5 heteroatoms. The molecule has 0 saturated heterocycles. The molecule has 0 aliphatic rings. The van der Waals surface area contributed by atoms with Gasteiger partial charge in [-0.3, -0.25) is 4.79 Å². The van der Waals surface area contributed by atoms with Crippen molar-refractivity contribution in [1.82, 2.24) is 5.16 Å². The lowest BCUT2D eigenvalue weighted by Crippen LogP contribution is -2.13. The molecule has 120 valence electrons. The summed E-state index contributed by atoms with van der Waals surface area (Å²) in [6.07, 6.45) is 2.38. The summed E-state index contributed by atoms with van der Waals surface area (Å²) in [5.74, 6) is -0.297. The highest BCUT2D eigenvalue weighted by Crippen LogP contribution is 2.19. The molecule has 0 aliphatic carbocycles. The van der Waals surface area contributed by atoms with Crippen LogP contribution in [0.25, 0.3) is 16.3 Å². The maximum absolute atomic E-state index is 12.4. The second kappa shape index (κ2) is 6.50. The number of aromatic nitrogens is 1. The van der Waals surface area contributed by atoms with Crippen LogP contribution in [0.2, 0.25) is 0 Å². The van der Waals surface area contributed by atoms with Gasteiger partial charge in [-0.15, -0.1) is 0 Å². The zero-order valence-corrected chi connectivity index (χ0v) is 13.2. The highest BCUT2D eigenvalue weighted by molar-refractivity contribution is 6.24. The topological polar surface area (TPSA) is 72.2 Å². The molecule has 2 aromatic carbocycles. The molecule has 0 bridgehead atoms. The number of fused-ring (bicyclic) bond motifs is 1. The van der Waals surface area contributed by atoms with Crippen LogP contribution in [0.3, 0.4) is 0 Å². The van der Waals surface area contributed by atoms with Crippen LogP contribution >= 0.6 is 0 Å². The van der Waals surface area contributed by atoms with Gasteiger partial charge in [0.05, 0.1) is 11.6 Å². The first-order valence-corrected chi connectivity index (χ1v) is 7.57. The number of carbonyl (C=O) groups excluding carboxylic acids is 1. The number of hydrogen-bond donors (Lipinski definition) is 1. The highest BCUT2D eigenvalue weighted by Gasteiger charge is 2.11. The minimum Gasteiger partial charge on any atom is -0.322 e. The van der Waals surface area contributed by atoms with Gasteiger partial charge < -0.3 is 9.84 Å². The van der Waals surface area contributed by atoms with Crippen molar-refractivity contribution in [1.29, 1.82) is 0 Å². The number of aryl methyl sites for hydroxylation is 1. The second-order valence-corrected chi connectivity index (χ2v) is 5.40. The first-order valence-electron chi connectivity index (χ1n) is 7.57. The molecule has 0 saturated carbocycles. The lowest BCUT2D eigenvalue weighted by atomic mass is 10.0. The molecule has 1 aromatic heterocycles. The van der Waals surface area contributed by atoms with Gasteiger partial charge in [-0.25, -0.2) is 4.79 Å². The van der Waals surface area contributed by atoms with Crippen molar-refractivity contribution >= 4 is 27.9 Å². The van der Waals surface area contributed by atoms with Gasteiger partial charge in [0.15, 0.2) is 0 Å². The predicted molar refractivity (Wildman–Crippen MR) is 93.8 cm³/mol. The molecule has 0 atom stereocenters. The van der Waals surface area contributed by atoms with Gasteiger partial charge >= 0.3 is 5.63 Å². The lowest BCUT2D eigenvalue weighted by molar-refractivity contribution is -0.111. The van der Waals surface area contributed by atoms with Gasteiger partial charge in [-0.05, 0) is 35.7 Å². The molecule has 1 heterocycles. The average molecular weight is 320 g/mol. The lowest BCUT2D eigenvalue weighted by Gasteiger charge is -2.09. The van der Waals surface area contributed by atoms with Gasteiger partial charge in [-0.2, -0.15) is 0 Å². The Balaban J connectivity index is 1.80. The fourth-order valence-corrected chi connectivity index (χ4v) is 2.39. The molecule has 0 spiro atoms. The van der Waals surface area contributed by atoms with Crippen molar-refractivity contribution < 1.29 is 9.32 Å². The third-order valence-corrected chi connectivity index (χ3v) is 3.84. The van der Waals surface area contributed by atoms with Crippen molar-refractivity contribution in [2.24, 2.45) is 0 Å². The van der Waals surface area contributed by atoms with E-state index in [9.17, 15) is 9.59 Å². The fourth-order valence-electron chi connectivity index (χ4n) is 2.39. The number of hydrogen-bond acceptors (Lipinski definition) is 4. The molecular weight excluding hydrogens is 304 g/mol. The predicted octanol–water partition coefficient (Wildman–Crippen LogP) is 3.40. The van der Waals surface area contributed by atoms with E-state index in [1.165, 1.54) is 11.8 Å². The molecule has 24 heavy (non-hydrogen) atoms. The van der Waals surface area contributed by atoms with Crippen LogP contribution in [-0.2, 0) is 11.2 Å². The van der Waals surface area contributed by atoms with Gasteiger partial charge in [0.25, 0.3) is 5.91 Å². The van der Waals surface area contributed by atoms with Crippen LogP contribution in [0.4, 0.5) is 5.69 Å². The Hall–Kier alpha value is -3.21. The number of amides is 1. The van der Waals surface area contributed by atoms with Crippen LogP contribution < -0.4 is 10.9 Å². The Bertz CT molecular complexity index is 972. The molecular formula is C19H16N2O3. The van der Waals surface area contributed by atoms with E-state index in [1.54, 1.807) is 18.2 Å². The van der Waals surface area contributed by atoms with Crippen molar-refractivity contribution in [2.75, 3.05) is 5.32 Å². The van der Waals surface area contributed by atoms with Gasteiger partial charge in [-0.1, -0.05) is 42.9 Å². The summed E-state index contributed by atoms with van der Waals surface area (Å²) < 4.78 is 4.57. The van der Waals surface area contributed by atoms with Crippen molar-refractivity contribution in [3.63, 3.8) is 0 Å². The van der Waals surface area contributed by atoms with Gasteiger partial charge in [0.2, 0.25) is 0 Å². The zero-order valence-electron chi connectivity index (χ0n) is 13.2. The summed E-state index contributed by atoms with van der Waals surface area (Å²) in [6.45, 7) is 5.94. The molecule has 3 rings (SSSR count). The Kier molecular flexibility index (Phi) is 4.24. The number of nitrogens with one attached hydrogen (secondary N) is 1. The molecule has 3 aromatic rings. The van der Waals surface area contributed by atoms with Crippen molar-refractivity contribution in [2.45, 2.75) is 13.3 Å². The molecule has 0 unspecified atom stereocenters. The van der Waals surface area contributed by atoms with Gasteiger partial charge in [0.1, 0.15) is 0 Å². The van der Waals surface area contributed by atoms with E-state index < -0.39 is 5.63 Å². The Morgan fingerprint density at radius 2 is 1.96 bits per heavy atom. The van der Waals surface area contributed by atoms with Crippen molar-refractivity contribution in [3.8, 4) is 0 Å². The summed E-state index contributed by atoms with van der Waals surface area (Å²) in [5, 5.41) is 7.31. The normalized spacial score (nSPS) is 10.5. The van der Waals surface area contributed by atoms with E-state index >= 15 is 0 Å². The molecule has 0 aliphatic heterocycles. The van der Waals surface area contributed by atoms with Crippen LogP contribution in [0, 0.1) is 0 Å². The van der Waals surface area contributed by atoms with E-state index in [-0.39, 0.29) is 5.91 Å². The third kappa shape index (κ3) is 3.10. The van der Waals surface area contributed by atoms with E-state index in [0.29, 0.717) is 22.0 Å². The molecule has 0 radical (unpaired) electrons. The Labute approximate surface area is 138 Å². The Morgan fingerprint density at radius 1 is 1.21 bits per heavy atom. The molecule has 0 fully saturated rings. The maximum Gasteiger partial charge on any atom is 0.366 e. The summed E-state index contributed by atoms with van der Waals surface area (Å²) in [4.78, 5) is 23.9. The van der Waals surface area contributed by atoms with E-state index in [2.05, 4.69) is 28.5 Å². The van der Waals surface area contributed by atoms with E-state index in [1.807, 2.05) is 24.3 Å². The minimum atomic E-state index is -0.509. The maximum atomic E-state index is 12.4.